The lowest BCUT2D eigenvalue weighted by Crippen LogP contribution is -2.35. The Hall–Kier alpha value is -1.80. The Balaban J connectivity index is 3.19. The fourth-order valence-corrected chi connectivity index (χ4v) is 2.61. The number of nitrogens with zero attached hydrogens (tertiary/aromatic N) is 1. The topological polar surface area (TPSA) is 115 Å². The van der Waals surface area contributed by atoms with E-state index in [1.54, 1.807) is 0 Å². The molecule has 0 unspecified atom stereocenters. The van der Waals surface area contributed by atoms with Gasteiger partial charge in [0.2, 0.25) is 0 Å². The Labute approximate surface area is 109 Å². The van der Waals surface area contributed by atoms with Crippen LogP contribution in [0.3, 0.4) is 0 Å². The van der Waals surface area contributed by atoms with Gasteiger partial charge in [0, 0.05) is 23.4 Å². The number of benzene rings is 1. The first kappa shape index (κ1) is 15.3. The van der Waals surface area contributed by atoms with Crippen molar-refractivity contribution in [2.75, 3.05) is 12.4 Å². The third-order valence-electron chi connectivity index (χ3n) is 2.64. The molecule has 1 atom stereocenters. The van der Waals surface area contributed by atoms with Crippen molar-refractivity contribution in [3.8, 4) is 0 Å². The van der Waals surface area contributed by atoms with E-state index in [1.165, 1.54) is 25.1 Å². The van der Waals surface area contributed by atoms with E-state index in [0.717, 1.165) is 6.07 Å². The van der Waals surface area contributed by atoms with Gasteiger partial charge in [-0.3, -0.25) is 14.9 Å². The zero-order chi connectivity index (χ0) is 14.6. The number of aliphatic hydroxyl groups is 1. The van der Waals surface area contributed by atoms with Crippen LogP contribution >= 0.6 is 0 Å². The first-order valence-corrected chi connectivity index (χ1v) is 7.16. The average molecular weight is 287 g/mol. The maximum atomic E-state index is 12.0. The number of nitro benzene ring substituents is 1. The highest BCUT2D eigenvalue weighted by Gasteiger charge is 2.31. The number of hydrogen-bond donors (Lipinski definition) is 1. The Bertz CT molecular complexity index is 595. The van der Waals surface area contributed by atoms with E-state index in [4.69, 9.17) is 5.11 Å². The number of Topliss-reactive ketones (excluding diaryl/α,β-unsaturated/α-hetero) is 1. The van der Waals surface area contributed by atoms with Crippen LogP contribution in [0.4, 0.5) is 5.69 Å². The number of rotatable bonds is 6. The van der Waals surface area contributed by atoms with Crippen LogP contribution < -0.4 is 0 Å². The summed E-state index contributed by atoms with van der Waals surface area (Å²) in [6, 6.07) is 4.76. The molecule has 1 aromatic rings. The van der Waals surface area contributed by atoms with Crippen molar-refractivity contribution in [3.63, 3.8) is 0 Å². The zero-order valence-electron chi connectivity index (χ0n) is 10.1. The van der Waals surface area contributed by atoms with Gasteiger partial charge in [-0.15, -0.1) is 0 Å². The lowest BCUT2D eigenvalue weighted by molar-refractivity contribution is -0.384. The maximum absolute atomic E-state index is 12.0. The molecule has 104 valence electrons. The normalized spacial score (nSPS) is 12.9. The van der Waals surface area contributed by atoms with Crippen LogP contribution in [-0.4, -0.2) is 41.8 Å². The van der Waals surface area contributed by atoms with Crippen molar-refractivity contribution < 1.29 is 23.2 Å². The molecule has 0 heterocycles. The molecule has 1 aromatic carbocycles. The van der Waals surface area contributed by atoms with E-state index >= 15 is 0 Å². The lowest BCUT2D eigenvalue weighted by Gasteiger charge is -2.12. The van der Waals surface area contributed by atoms with Crippen molar-refractivity contribution in [1.29, 1.82) is 0 Å². The fraction of sp³-hybridized carbons (Fsp3) is 0.364. The first-order chi connectivity index (χ1) is 8.83. The number of nitro groups is 1. The van der Waals surface area contributed by atoms with Crippen molar-refractivity contribution >= 4 is 21.3 Å². The summed E-state index contributed by atoms with van der Waals surface area (Å²) in [5.41, 5.74) is -0.415. The SMILES string of the molecule is CCS(=O)(=O)[C@@H](CO)C(=O)c1cccc([N+](=O)[O-])c1. The van der Waals surface area contributed by atoms with E-state index in [-0.39, 0.29) is 17.0 Å². The molecule has 0 bridgehead atoms. The minimum atomic E-state index is -3.76. The number of non-ortho nitro benzene ring substituents is 1. The van der Waals surface area contributed by atoms with Crippen molar-refractivity contribution in [3.05, 3.63) is 39.9 Å². The van der Waals surface area contributed by atoms with Gasteiger partial charge in [-0.2, -0.15) is 0 Å². The van der Waals surface area contributed by atoms with Crippen molar-refractivity contribution in [1.82, 2.24) is 0 Å². The van der Waals surface area contributed by atoms with Crippen LogP contribution in [-0.2, 0) is 9.84 Å². The maximum Gasteiger partial charge on any atom is 0.270 e. The largest absolute Gasteiger partial charge is 0.395 e. The molecule has 0 amide bonds. The molecule has 0 saturated heterocycles. The van der Waals surface area contributed by atoms with Gasteiger partial charge in [0.15, 0.2) is 15.6 Å². The minimum absolute atomic E-state index is 0.106. The fourth-order valence-electron chi connectivity index (χ4n) is 1.52. The van der Waals surface area contributed by atoms with Crippen LogP contribution in [0.25, 0.3) is 0 Å². The predicted octanol–water partition coefficient (Wildman–Crippen LogP) is 0.573. The van der Waals surface area contributed by atoms with Crippen LogP contribution in [0.1, 0.15) is 17.3 Å². The first-order valence-electron chi connectivity index (χ1n) is 5.44. The summed E-state index contributed by atoms with van der Waals surface area (Å²) in [6.07, 6.45) is 0. The van der Waals surface area contributed by atoms with Gasteiger partial charge in [0.05, 0.1) is 11.5 Å². The molecule has 0 aliphatic carbocycles. The van der Waals surface area contributed by atoms with E-state index in [0.29, 0.717) is 0 Å². The molecule has 0 aliphatic rings. The van der Waals surface area contributed by atoms with Gasteiger partial charge in [0.1, 0.15) is 5.25 Å². The lowest BCUT2D eigenvalue weighted by atomic mass is 10.1. The molecule has 0 radical (unpaired) electrons. The Morgan fingerprint density at radius 2 is 2.11 bits per heavy atom. The van der Waals surface area contributed by atoms with E-state index in [2.05, 4.69) is 0 Å². The third-order valence-corrected chi connectivity index (χ3v) is 4.67. The van der Waals surface area contributed by atoms with E-state index in [1.807, 2.05) is 0 Å². The number of ketones is 1. The molecule has 8 heteroatoms. The van der Waals surface area contributed by atoms with Gasteiger partial charge in [-0.25, -0.2) is 8.42 Å². The average Bonchev–Trinajstić information content (AvgIpc) is 2.39. The summed E-state index contributed by atoms with van der Waals surface area (Å²) in [7, 11) is -3.76. The number of carbonyl (C=O) groups is 1. The smallest absolute Gasteiger partial charge is 0.270 e. The summed E-state index contributed by atoms with van der Waals surface area (Å²) in [5.74, 6) is -1.13. The monoisotopic (exact) mass is 287 g/mol. The second-order valence-electron chi connectivity index (χ2n) is 3.79. The second-order valence-corrected chi connectivity index (χ2v) is 6.27. The molecule has 0 aromatic heterocycles. The number of hydrogen-bond acceptors (Lipinski definition) is 6. The molecule has 7 nitrogen and oxygen atoms in total. The Morgan fingerprint density at radius 1 is 1.47 bits per heavy atom. The molecule has 1 rings (SSSR count). The number of carbonyl (C=O) groups excluding carboxylic acids is 1. The van der Waals surface area contributed by atoms with Gasteiger partial charge in [-0.1, -0.05) is 19.1 Å². The Kier molecular flexibility index (Phi) is 4.73. The van der Waals surface area contributed by atoms with Crippen LogP contribution in [0, 0.1) is 10.1 Å². The third kappa shape index (κ3) is 3.36. The molecule has 1 N–H and O–H groups in total. The summed E-state index contributed by atoms with van der Waals surface area (Å²) < 4.78 is 23.3. The summed E-state index contributed by atoms with van der Waals surface area (Å²) in [5, 5.41) is 18.1. The van der Waals surface area contributed by atoms with Crippen molar-refractivity contribution in [2.24, 2.45) is 0 Å². The highest BCUT2D eigenvalue weighted by molar-refractivity contribution is 7.92. The molecule has 0 aliphatic heterocycles. The minimum Gasteiger partial charge on any atom is -0.395 e. The van der Waals surface area contributed by atoms with Gasteiger partial charge in [0.25, 0.3) is 5.69 Å². The van der Waals surface area contributed by atoms with E-state index in [9.17, 15) is 23.3 Å². The molecule has 19 heavy (non-hydrogen) atoms. The van der Waals surface area contributed by atoms with Crippen LogP contribution in [0.5, 0.6) is 0 Å². The molecule has 0 spiro atoms. The summed E-state index contributed by atoms with van der Waals surface area (Å²) in [6.45, 7) is 0.510. The molecule has 0 saturated carbocycles. The molecular formula is C11H13NO6S. The molecular weight excluding hydrogens is 274 g/mol. The standard InChI is InChI=1S/C11H13NO6S/c1-2-19(17,18)10(7-13)11(14)8-4-3-5-9(6-8)12(15)16/h3-6,10,13H,2,7H2,1H3/t10-/m0/s1. The predicted molar refractivity (Wildman–Crippen MR) is 67.8 cm³/mol. The zero-order valence-corrected chi connectivity index (χ0v) is 11.0. The number of sulfone groups is 1. The van der Waals surface area contributed by atoms with E-state index < -0.39 is 32.4 Å². The Morgan fingerprint density at radius 3 is 2.58 bits per heavy atom. The molecule has 0 fully saturated rings. The van der Waals surface area contributed by atoms with Crippen LogP contribution in [0.2, 0.25) is 0 Å². The van der Waals surface area contributed by atoms with Gasteiger partial charge < -0.3 is 5.11 Å². The van der Waals surface area contributed by atoms with Crippen LogP contribution in [0.15, 0.2) is 24.3 Å². The van der Waals surface area contributed by atoms with Gasteiger partial charge in [-0.05, 0) is 0 Å². The quantitative estimate of drug-likeness (QED) is 0.465. The number of aliphatic hydroxyl groups excluding tert-OH is 1. The van der Waals surface area contributed by atoms with Crippen molar-refractivity contribution in [2.45, 2.75) is 12.2 Å². The summed E-state index contributed by atoms with van der Waals surface area (Å²) >= 11 is 0. The highest BCUT2D eigenvalue weighted by Crippen LogP contribution is 2.17. The van der Waals surface area contributed by atoms with Gasteiger partial charge >= 0.3 is 0 Å². The summed E-state index contributed by atoms with van der Waals surface area (Å²) in [4.78, 5) is 21.9. The highest BCUT2D eigenvalue weighted by atomic mass is 32.2. The second kappa shape index (κ2) is 5.89.